The molecule has 30 heavy (non-hydrogen) atoms. The normalized spacial score (nSPS) is 16.3. The summed E-state index contributed by atoms with van der Waals surface area (Å²) in [6.45, 7) is 4.71. The Kier molecular flexibility index (Phi) is 7.17. The molecule has 1 heterocycles. The van der Waals surface area contributed by atoms with Gasteiger partial charge < -0.3 is 15.0 Å². The van der Waals surface area contributed by atoms with Crippen molar-refractivity contribution >= 4 is 5.69 Å². The van der Waals surface area contributed by atoms with Crippen molar-refractivity contribution < 1.29 is 4.74 Å². The van der Waals surface area contributed by atoms with E-state index in [1.165, 1.54) is 16.8 Å². The molecule has 1 N–H and O–H groups in total. The van der Waals surface area contributed by atoms with Crippen molar-refractivity contribution in [1.82, 2.24) is 4.90 Å². The number of piperidine rings is 1. The molecular weight excluding hydrogens is 368 g/mol. The third-order valence-electron chi connectivity index (χ3n) is 6.05. The summed E-state index contributed by atoms with van der Waals surface area (Å²) < 4.78 is 6.22. The van der Waals surface area contributed by atoms with Gasteiger partial charge in [-0.3, -0.25) is 0 Å². The molecule has 4 rings (SSSR count). The van der Waals surface area contributed by atoms with Crippen LogP contribution in [0.5, 0.6) is 0 Å². The van der Waals surface area contributed by atoms with Crippen LogP contribution in [0.3, 0.4) is 0 Å². The van der Waals surface area contributed by atoms with Gasteiger partial charge >= 0.3 is 0 Å². The minimum atomic E-state index is -0.0145. The smallest absolute Gasteiger partial charge is 0.0718 e. The average molecular weight is 401 g/mol. The molecule has 3 heteroatoms. The van der Waals surface area contributed by atoms with E-state index in [0.717, 1.165) is 45.5 Å². The molecule has 3 aromatic carbocycles. The first-order chi connectivity index (χ1) is 14.8. The Labute approximate surface area is 180 Å². The van der Waals surface area contributed by atoms with Gasteiger partial charge in [0.1, 0.15) is 0 Å². The fourth-order valence-corrected chi connectivity index (χ4v) is 4.21. The molecular formula is C27H32N2O. The number of nitrogens with zero attached hydrogens (tertiary/aromatic N) is 1. The van der Waals surface area contributed by atoms with E-state index in [2.05, 4.69) is 95.1 Å². The maximum absolute atomic E-state index is 6.22. The van der Waals surface area contributed by atoms with E-state index in [9.17, 15) is 0 Å². The van der Waals surface area contributed by atoms with Crippen LogP contribution in [-0.2, 0) is 17.8 Å². The molecule has 0 aromatic heterocycles. The van der Waals surface area contributed by atoms with Gasteiger partial charge in [0.15, 0.2) is 0 Å². The predicted octanol–water partition coefficient (Wildman–Crippen LogP) is 5.39. The zero-order valence-electron chi connectivity index (χ0n) is 17.7. The Morgan fingerprint density at radius 2 is 1.30 bits per heavy atom. The highest BCUT2D eigenvalue weighted by molar-refractivity contribution is 5.45. The minimum Gasteiger partial charge on any atom is -0.377 e. The number of benzene rings is 3. The number of anilines is 1. The molecule has 1 saturated heterocycles. The predicted molar refractivity (Wildman–Crippen MR) is 125 cm³/mol. The van der Waals surface area contributed by atoms with E-state index in [4.69, 9.17) is 4.74 Å². The lowest BCUT2D eigenvalue weighted by Crippen LogP contribution is -2.52. The summed E-state index contributed by atoms with van der Waals surface area (Å²) in [7, 11) is 0. The lowest BCUT2D eigenvalue weighted by Gasteiger charge is -2.43. The highest BCUT2D eigenvalue weighted by Crippen LogP contribution is 2.28. The zero-order chi connectivity index (χ0) is 20.5. The van der Waals surface area contributed by atoms with Crippen LogP contribution in [0.4, 0.5) is 5.69 Å². The number of ether oxygens (including phenoxy) is 1. The number of likely N-dealkylation sites (tertiary alicyclic amines) is 1. The topological polar surface area (TPSA) is 24.5 Å². The molecule has 156 valence electrons. The molecule has 0 spiro atoms. The first-order valence-corrected chi connectivity index (χ1v) is 11.0. The number of hydrogen-bond acceptors (Lipinski definition) is 3. The summed E-state index contributed by atoms with van der Waals surface area (Å²) in [5, 5.41) is 3.82. The van der Waals surface area contributed by atoms with Crippen molar-refractivity contribution in [2.75, 3.05) is 31.6 Å². The summed E-state index contributed by atoms with van der Waals surface area (Å²) in [4.78, 5) is 2.59. The van der Waals surface area contributed by atoms with Crippen LogP contribution in [0.25, 0.3) is 0 Å². The van der Waals surface area contributed by atoms with E-state index in [0.29, 0.717) is 6.61 Å². The summed E-state index contributed by atoms with van der Waals surface area (Å²) >= 11 is 0. The Bertz CT molecular complexity index is 859. The Hall–Kier alpha value is -2.62. The highest BCUT2D eigenvalue weighted by Gasteiger charge is 2.34. The highest BCUT2D eigenvalue weighted by atomic mass is 16.5. The third kappa shape index (κ3) is 5.94. The third-order valence-corrected chi connectivity index (χ3v) is 6.05. The second kappa shape index (κ2) is 10.4. The van der Waals surface area contributed by atoms with Crippen LogP contribution < -0.4 is 5.32 Å². The maximum Gasteiger partial charge on any atom is 0.0718 e. The van der Waals surface area contributed by atoms with Crippen LogP contribution in [0.15, 0.2) is 91.0 Å². The van der Waals surface area contributed by atoms with Gasteiger partial charge in [-0.2, -0.15) is 0 Å². The summed E-state index contributed by atoms with van der Waals surface area (Å²) in [6.07, 6.45) is 3.29. The maximum atomic E-state index is 6.22. The van der Waals surface area contributed by atoms with Gasteiger partial charge in [-0.15, -0.1) is 0 Å². The number of para-hydroxylation sites is 1. The van der Waals surface area contributed by atoms with E-state index in [1.54, 1.807) is 0 Å². The molecule has 3 nitrogen and oxygen atoms in total. The lowest BCUT2D eigenvalue weighted by molar-refractivity contribution is 0.0497. The van der Waals surface area contributed by atoms with Crippen molar-refractivity contribution in [1.29, 1.82) is 0 Å². The summed E-state index contributed by atoms with van der Waals surface area (Å²) in [5.41, 5.74) is 3.81. The molecule has 1 aliphatic rings. The van der Waals surface area contributed by atoms with Gasteiger partial charge in [0.25, 0.3) is 0 Å². The summed E-state index contributed by atoms with van der Waals surface area (Å²) in [6, 6.07) is 31.8. The van der Waals surface area contributed by atoms with E-state index < -0.39 is 0 Å². The number of nitrogens with one attached hydrogen (secondary N) is 1. The monoisotopic (exact) mass is 400 g/mol. The van der Waals surface area contributed by atoms with Crippen molar-refractivity contribution in [3.8, 4) is 0 Å². The van der Waals surface area contributed by atoms with Gasteiger partial charge in [-0.1, -0.05) is 78.9 Å². The largest absolute Gasteiger partial charge is 0.377 e. The van der Waals surface area contributed by atoms with Crippen molar-refractivity contribution in [2.45, 2.75) is 31.4 Å². The second-order valence-corrected chi connectivity index (χ2v) is 8.33. The Balaban J connectivity index is 1.34. The van der Waals surface area contributed by atoms with Gasteiger partial charge in [-0.25, -0.2) is 0 Å². The van der Waals surface area contributed by atoms with Crippen LogP contribution in [-0.4, -0.2) is 36.7 Å². The van der Waals surface area contributed by atoms with Gasteiger partial charge in [0, 0.05) is 25.3 Å². The van der Waals surface area contributed by atoms with Gasteiger partial charge in [0.05, 0.1) is 18.8 Å². The quantitative estimate of drug-likeness (QED) is 0.521. The van der Waals surface area contributed by atoms with E-state index >= 15 is 0 Å². The van der Waals surface area contributed by atoms with Crippen LogP contribution in [0, 0.1) is 0 Å². The van der Waals surface area contributed by atoms with Crippen molar-refractivity contribution in [3.05, 3.63) is 102 Å². The van der Waals surface area contributed by atoms with Gasteiger partial charge in [0.2, 0.25) is 0 Å². The van der Waals surface area contributed by atoms with E-state index in [-0.39, 0.29) is 5.54 Å². The first-order valence-electron chi connectivity index (χ1n) is 11.0. The van der Waals surface area contributed by atoms with Crippen molar-refractivity contribution in [3.63, 3.8) is 0 Å². The fourth-order valence-electron chi connectivity index (χ4n) is 4.21. The molecule has 0 saturated carbocycles. The zero-order valence-corrected chi connectivity index (χ0v) is 17.7. The molecule has 1 aliphatic heterocycles. The SMILES string of the molecule is c1ccc(CCN2CCC(COCc3ccccc3)(Nc3ccccc3)CC2)cc1. The average Bonchev–Trinajstić information content (AvgIpc) is 2.81. The Morgan fingerprint density at radius 1 is 0.733 bits per heavy atom. The Morgan fingerprint density at radius 3 is 1.93 bits per heavy atom. The van der Waals surface area contributed by atoms with Crippen LogP contribution in [0.1, 0.15) is 24.0 Å². The molecule has 0 atom stereocenters. The van der Waals surface area contributed by atoms with Crippen LogP contribution in [0.2, 0.25) is 0 Å². The molecule has 0 bridgehead atoms. The van der Waals surface area contributed by atoms with Gasteiger partial charge in [-0.05, 0) is 42.5 Å². The molecule has 0 unspecified atom stereocenters. The fraction of sp³-hybridized carbons (Fsp3) is 0.333. The number of hydrogen-bond donors (Lipinski definition) is 1. The summed E-state index contributed by atoms with van der Waals surface area (Å²) in [5.74, 6) is 0. The first kappa shape index (κ1) is 20.6. The van der Waals surface area contributed by atoms with Crippen LogP contribution >= 0.6 is 0 Å². The molecule has 0 radical (unpaired) electrons. The van der Waals surface area contributed by atoms with Crippen molar-refractivity contribution in [2.24, 2.45) is 0 Å². The second-order valence-electron chi connectivity index (χ2n) is 8.33. The molecule has 0 aliphatic carbocycles. The molecule has 3 aromatic rings. The molecule has 0 amide bonds. The molecule has 1 fully saturated rings. The minimum absolute atomic E-state index is 0.0145. The lowest BCUT2D eigenvalue weighted by atomic mass is 9.87. The standard InChI is InChI=1S/C27H32N2O/c1-4-10-24(11-5-1)16-19-29-20-17-27(18-21-29,28-26-14-8-3-9-15-26)23-30-22-25-12-6-2-7-13-25/h1-15,28H,16-23H2. The van der Waals surface area contributed by atoms with E-state index in [1.807, 2.05) is 6.07 Å². The number of rotatable bonds is 9.